The Morgan fingerprint density at radius 3 is 1.57 bits per heavy atom. The van der Waals surface area contributed by atoms with Crippen LogP contribution in [0.4, 0.5) is 0 Å². The van der Waals surface area contributed by atoms with E-state index >= 15 is 0 Å². The molecule has 3 amide bonds. The Bertz CT molecular complexity index is 1360. The molecule has 218 valence electrons. The maximum Gasteiger partial charge on any atom is 0.246 e. The third-order valence-electron chi connectivity index (χ3n) is 6.23. The van der Waals surface area contributed by atoms with Gasteiger partial charge in [-0.05, 0) is 78.4 Å². The summed E-state index contributed by atoms with van der Waals surface area (Å²) in [6.07, 6.45) is 11.5. The number of phenols is 2. The fourth-order valence-corrected chi connectivity index (χ4v) is 3.92. The lowest BCUT2D eigenvalue weighted by atomic mass is 10.2. The summed E-state index contributed by atoms with van der Waals surface area (Å²) in [6.45, 7) is 1.84. The van der Waals surface area contributed by atoms with Crippen molar-refractivity contribution in [2.24, 2.45) is 0 Å². The molecule has 0 atom stereocenters. The number of nitrogens with one attached hydrogen (secondary N) is 2. The van der Waals surface area contributed by atoms with E-state index in [1.54, 1.807) is 71.7 Å². The lowest BCUT2D eigenvalue weighted by molar-refractivity contribution is -0.126. The van der Waals surface area contributed by atoms with Crippen LogP contribution in [0.2, 0.25) is 0 Å². The molecule has 8 nitrogen and oxygen atoms in total. The first-order valence-electron chi connectivity index (χ1n) is 13.9. The van der Waals surface area contributed by atoms with Crippen molar-refractivity contribution in [3.63, 3.8) is 0 Å². The van der Waals surface area contributed by atoms with E-state index in [-0.39, 0.29) is 29.2 Å². The minimum atomic E-state index is -0.245. The topological polar surface area (TPSA) is 119 Å². The van der Waals surface area contributed by atoms with Crippen LogP contribution in [-0.2, 0) is 14.4 Å². The summed E-state index contributed by atoms with van der Waals surface area (Å²) in [6, 6.07) is 22.7. The average molecular weight is 568 g/mol. The van der Waals surface area contributed by atoms with Crippen LogP contribution in [0.3, 0.4) is 0 Å². The number of unbranched alkanes of at least 4 members (excludes halogenated alkanes) is 1. The Morgan fingerprint density at radius 2 is 1.02 bits per heavy atom. The number of aromatic hydroxyl groups is 2. The SMILES string of the molecule is O=C(/C=C/c1ccccc1)NCCCCN(CCCNC(=O)/C=C/c1ccc(O)cc1)C(=O)/C=C/c1ccc(O)cc1. The number of nitrogens with zero attached hydrogens (tertiary/aromatic N) is 1. The molecule has 3 rings (SSSR count). The molecule has 0 radical (unpaired) electrons. The van der Waals surface area contributed by atoms with Crippen LogP contribution in [-0.4, -0.2) is 59.0 Å². The lowest BCUT2D eigenvalue weighted by Gasteiger charge is -2.21. The first-order chi connectivity index (χ1) is 20.4. The van der Waals surface area contributed by atoms with Gasteiger partial charge in [0.25, 0.3) is 0 Å². The summed E-state index contributed by atoms with van der Waals surface area (Å²) in [5.41, 5.74) is 2.54. The lowest BCUT2D eigenvalue weighted by Crippen LogP contribution is -2.34. The fourth-order valence-electron chi connectivity index (χ4n) is 3.92. The molecular weight excluding hydrogens is 530 g/mol. The molecule has 0 spiro atoms. The number of rotatable bonds is 15. The molecule has 0 unspecified atom stereocenters. The van der Waals surface area contributed by atoms with Gasteiger partial charge in [0, 0.05) is 44.4 Å². The van der Waals surface area contributed by atoms with Crippen LogP contribution in [0.5, 0.6) is 11.5 Å². The number of amides is 3. The van der Waals surface area contributed by atoms with Crippen molar-refractivity contribution in [1.82, 2.24) is 15.5 Å². The zero-order valence-electron chi connectivity index (χ0n) is 23.5. The first kappa shape index (κ1) is 31.4. The van der Waals surface area contributed by atoms with Crippen molar-refractivity contribution in [3.05, 3.63) is 114 Å². The second kappa shape index (κ2) is 17.6. The van der Waals surface area contributed by atoms with E-state index in [2.05, 4.69) is 10.6 Å². The summed E-state index contributed by atoms with van der Waals surface area (Å²) in [5, 5.41) is 24.5. The Morgan fingerprint density at radius 1 is 0.571 bits per heavy atom. The highest BCUT2D eigenvalue weighted by atomic mass is 16.3. The fraction of sp³-hybridized carbons (Fsp3) is 0.206. The van der Waals surface area contributed by atoms with Crippen LogP contribution in [0, 0.1) is 0 Å². The highest BCUT2D eigenvalue weighted by Crippen LogP contribution is 2.12. The third-order valence-corrected chi connectivity index (χ3v) is 6.23. The number of phenolic OH excluding ortho intramolecular Hbond substituents is 2. The molecule has 0 saturated carbocycles. The van der Waals surface area contributed by atoms with Gasteiger partial charge in [0.05, 0.1) is 0 Å². The summed E-state index contributed by atoms with van der Waals surface area (Å²) in [7, 11) is 0. The van der Waals surface area contributed by atoms with E-state index in [0.29, 0.717) is 45.4 Å². The predicted octanol–water partition coefficient (Wildman–Crippen LogP) is 4.77. The highest BCUT2D eigenvalue weighted by molar-refractivity contribution is 5.93. The summed E-state index contributed by atoms with van der Waals surface area (Å²) >= 11 is 0. The van der Waals surface area contributed by atoms with E-state index < -0.39 is 0 Å². The van der Waals surface area contributed by atoms with Crippen LogP contribution >= 0.6 is 0 Å². The molecule has 0 saturated heterocycles. The summed E-state index contributed by atoms with van der Waals surface area (Å²) in [4.78, 5) is 39.0. The Labute approximate surface area is 246 Å². The van der Waals surface area contributed by atoms with Gasteiger partial charge in [-0.15, -0.1) is 0 Å². The van der Waals surface area contributed by atoms with Crippen LogP contribution < -0.4 is 10.6 Å². The molecule has 0 aliphatic rings. The smallest absolute Gasteiger partial charge is 0.246 e. The van der Waals surface area contributed by atoms with Gasteiger partial charge in [0.1, 0.15) is 11.5 Å². The molecule has 0 bridgehead atoms. The van der Waals surface area contributed by atoms with E-state index in [9.17, 15) is 24.6 Å². The van der Waals surface area contributed by atoms with Gasteiger partial charge in [-0.1, -0.05) is 54.6 Å². The summed E-state index contributed by atoms with van der Waals surface area (Å²) < 4.78 is 0. The van der Waals surface area contributed by atoms with Crippen LogP contribution in [0.25, 0.3) is 18.2 Å². The van der Waals surface area contributed by atoms with Crippen molar-refractivity contribution in [2.45, 2.75) is 19.3 Å². The van der Waals surface area contributed by atoms with Crippen LogP contribution in [0.15, 0.2) is 97.1 Å². The summed E-state index contributed by atoms with van der Waals surface area (Å²) in [5.74, 6) is -0.252. The van der Waals surface area contributed by atoms with E-state index in [4.69, 9.17) is 0 Å². The van der Waals surface area contributed by atoms with E-state index in [1.165, 1.54) is 18.2 Å². The normalized spacial score (nSPS) is 11.2. The molecule has 4 N–H and O–H groups in total. The van der Waals surface area contributed by atoms with Gasteiger partial charge in [-0.3, -0.25) is 14.4 Å². The van der Waals surface area contributed by atoms with Gasteiger partial charge < -0.3 is 25.7 Å². The first-order valence-corrected chi connectivity index (χ1v) is 13.9. The molecule has 3 aromatic rings. The molecular formula is C34H37N3O5. The van der Waals surface area contributed by atoms with Crippen molar-refractivity contribution in [1.29, 1.82) is 0 Å². The number of carbonyl (C=O) groups excluding carboxylic acids is 3. The van der Waals surface area contributed by atoms with Crippen molar-refractivity contribution in [2.75, 3.05) is 26.2 Å². The monoisotopic (exact) mass is 567 g/mol. The maximum atomic E-state index is 13.0. The quantitative estimate of drug-likeness (QED) is 0.156. The molecule has 8 heteroatoms. The van der Waals surface area contributed by atoms with Crippen molar-refractivity contribution < 1.29 is 24.6 Å². The molecule has 0 aliphatic heterocycles. The number of benzene rings is 3. The van der Waals surface area contributed by atoms with Gasteiger partial charge >= 0.3 is 0 Å². The molecule has 3 aromatic carbocycles. The highest BCUT2D eigenvalue weighted by Gasteiger charge is 2.10. The molecule has 42 heavy (non-hydrogen) atoms. The number of carbonyl (C=O) groups is 3. The van der Waals surface area contributed by atoms with Gasteiger partial charge in [-0.2, -0.15) is 0 Å². The van der Waals surface area contributed by atoms with Gasteiger partial charge in [0.2, 0.25) is 17.7 Å². The van der Waals surface area contributed by atoms with E-state index in [1.807, 2.05) is 30.3 Å². The largest absolute Gasteiger partial charge is 0.508 e. The Hall–Kier alpha value is -5.11. The second-order valence-corrected chi connectivity index (χ2v) is 9.56. The zero-order valence-corrected chi connectivity index (χ0v) is 23.5. The standard InChI is InChI=1S/C34H37N3O5/c38-30-16-9-28(10-17-30)14-21-33(41)36-24-6-26-37(34(42)22-15-29-11-18-31(39)19-12-29)25-5-4-23-35-32(40)20-13-27-7-2-1-3-8-27/h1-3,7-22,38-39H,4-6,23-26H2,(H,35,40)(H,36,41)/b20-13+,21-14+,22-15+. The minimum Gasteiger partial charge on any atom is -0.508 e. The second-order valence-electron chi connectivity index (χ2n) is 9.56. The number of hydrogen-bond acceptors (Lipinski definition) is 5. The molecule has 0 heterocycles. The zero-order chi connectivity index (χ0) is 30.0. The van der Waals surface area contributed by atoms with Crippen molar-refractivity contribution >= 4 is 35.9 Å². The Balaban J connectivity index is 1.45. The third kappa shape index (κ3) is 12.4. The molecule has 0 fully saturated rings. The van der Waals surface area contributed by atoms with Gasteiger partial charge in [-0.25, -0.2) is 0 Å². The predicted molar refractivity (Wildman–Crippen MR) is 166 cm³/mol. The van der Waals surface area contributed by atoms with Crippen LogP contribution in [0.1, 0.15) is 36.0 Å². The van der Waals surface area contributed by atoms with Gasteiger partial charge in [0.15, 0.2) is 0 Å². The maximum absolute atomic E-state index is 13.0. The average Bonchev–Trinajstić information content (AvgIpc) is 3.00. The number of hydrogen-bond donors (Lipinski definition) is 4. The van der Waals surface area contributed by atoms with Crippen molar-refractivity contribution in [3.8, 4) is 11.5 Å². The minimum absolute atomic E-state index is 0.155. The van der Waals surface area contributed by atoms with E-state index in [0.717, 1.165) is 16.7 Å². The Kier molecular flexibility index (Phi) is 13.1. The molecule has 0 aliphatic carbocycles. The molecule has 0 aromatic heterocycles.